The number of benzene rings is 3. The van der Waals surface area contributed by atoms with Crippen molar-refractivity contribution >= 4 is 35.0 Å². The zero-order valence-electron chi connectivity index (χ0n) is 20.0. The molecule has 6 nitrogen and oxygen atoms in total. The number of esters is 1. The summed E-state index contributed by atoms with van der Waals surface area (Å²) < 4.78 is 84.9. The van der Waals surface area contributed by atoms with Crippen LogP contribution in [0.4, 0.5) is 31.1 Å². The molecule has 1 saturated heterocycles. The van der Waals surface area contributed by atoms with Crippen molar-refractivity contribution in [3.63, 3.8) is 0 Å². The number of aromatic hydroxyl groups is 1. The first-order valence-corrected chi connectivity index (χ1v) is 12.1. The Kier molecular flexibility index (Phi) is 7.96. The van der Waals surface area contributed by atoms with Gasteiger partial charge in [0.1, 0.15) is 17.9 Å². The van der Waals surface area contributed by atoms with Gasteiger partial charge in [0.25, 0.3) is 11.1 Å². The van der Waals surface area contributed by atoms with Crippen molar-refractivity contribution in [3.8, 4) is 5.75 Å². The number of imide groups is 1. The van der Waals surface area contributed by atoms with Gasteiger partial charge in [-0.3, -0.25) is 14.5 Å². The van der Waals surface area contributed by atoms with Gasteiger partial charge in [-0.25, -0.2) is 4.79 Å². The van der Waals surface area contributed by atoms with Crippen molar-refractivity contribution in [2.24, 2.45) is 0 Å². The fourth-order valence-electron chi connectivity index (χ4n) is 3.74. The van der Waals surface area contributed by atoms with Gasteiger partial charge in [-0.15, -0.1) is 0 Å². The second kappa shape index (κ2) is 11.1. The Bertz CT molecular complexity index is 1500. The van der Waals surface area contributed by atoms with Gasteiger partial charge >= 0.3 is 18.3 Å². The number of alkyl halides is 6. The topological polar surface area (TPSA) is 83.9 Å². The SMILES string of the molecule is O=C(OCc1ccccc1)c1cc(C=C2SC(=O)N(Cc3cc(C(F)(F)F)ccc3C(F)(F)F)C2=O)ccc1O. The van der Waals surface area contributed by atoms with Gasteiger partial charge in [-0.2, -0.15) is 26.3 Å². The van der Waals surface area contributed by atoms with Gasteiger partial charge < -0.3 is 9.84 Å². The number of nitrogens with zero attached hydrogens (tertiary/aromatic N) is 1. The van der Waals surface area contributed by atoms with Crippen molar-refractivity contribution in [1.29, 1.82) is 0 Å². The largest absolute Gasteiger partial charge is 0.507 e. The van der Waals surface area contributed by atoms with Gasteiger partial charge in [-0.1, -0.05) is 36.4 Å². The van der Waals surface area contributed by atoms with Gasteiger partial charge in [-0.05, 0) is 64.9 Å². The summed E-state index contributed by atoms with van der Waals surface area (Å²) in [6.07, 6.45) is -8.82. The van der Waals surface area contributed by atoms with Crippen LogP contribution in [0.15, 0.2) is 71.6 Å². The summed E-state index contributed by atoms with van der Waals surface area (Å²) in [4.78, 5) is 38.0. The number of carbonyl (C=O) groups is 3. The van der Waals surface area contributed by atoms with Crippen LogP contribution in [0, 0.1) is 0 Å². The number of hydrogen-bond donors (Lipinski definition) is 1. The van der Waals surface area contributed by atoms with E-state index in [1.807, 2.05) is 0 Å². The Hall–Kier alpha value is -4.26. The summed E-state index contributed by atoms with van der Waals surface area (Å²) in [6, 6.07) is 13.1. The van der Waals surface area contributed by atoms with E-state index in [0.717, 1.165) is 12.1 Å². The molecule has 1 heterocycles. The number of ether oxygens (including phenoxy) is 1. The molecule has 1 aliphatic rings. The van der Waals surface area contributed by atoms with E-state index in [1.54, 1.807) is 30.3 Å². The molecule has 40 heavy (non-hydrogen) atoms. The molecule has 208 valence electrons. The molecule has 1 N–H and O–H groups in total. The van der Waals surface area contributed by atoms with E-state index < -0.39 is 58.5 Å². The Balaban J connectivity index is 1.57. The predicted octanol–water partition coefficient (Wildman–Crippen LogP) is 7.02. The fourth-order valence-corrected chi connectivity index (χ4v) is 4.58. The van der Waals surface area contributed by atoms with Crippen LogP contribution in [0.3, 0.4) is 0 Å². The van der Waals surface area contributed by atoms with Gasteiger partial charge in [0, 0.05) is 0 Å². The van der Waals surface area contributed by atoms with Crippen LogP contribution in [-0.4, -0.2) is 27.1 Å². The Morgan fingerprint density at radius 3 is 2.27 bits per heavy atom. The standard InChI is InChI=1S/C27H17F6NO5S/c28-26(29,30)18-7-8-20(27(31,32)33)17(12-18)13-34-23(36)22(40-25(34)38)11-16-6-9-21(35)19(10-16)24(37)39-14-15-4-2-1-3-5-15/h1-12,35H,13-14H2. The van der Waals surface area contributed by atoms with E-state index >= 15 is 0 Å². The smallest absolute Gasteiger partial charge is 0.416 e. The Morgan fingerprint density at radius 1 is 0.925 bits per heavy atom. The summed E-state index contributed by atoms with van der Waals surface area (Å²) in [5.41, 5.74) is -3.07. The average molecular weight is 581 g/mol. The van der Waals surface area contributed by atoms with E-state index in [0.29, 0.717) is 22.2 Å². The molecular weight excluding hydrogens is 564 g/mol. The molecule has 0 atom stereocenters. The highest BCUT2D eigenvalue weighted by Gasteiger charge is 2.40. The third-order valence-electron chi connectivity index (χ3n) is 5.69. The van der Waals surface area contributed by atoms with E-state index in [2.05, 4.69) is 0 Å². The lowest BCUT2D eigenvalue weighted by atomic mass is 10.0. The number of phenols is 1. The van der Waals surface area contributed by atoms with Crippen LogP contribution in [0.25, 0.3) is 6.08 Å². The second-order valence-electron chi connectivity index (χ2n) is 8.47. The third kappa shape index (κ3) is 6.47. The van der Waals surface area contributed by atoms with Gasteiger partial charge in [0.2, 0.25) is 0 Å². The van der Waals surface area contributed by atoms with Crippen molar-refractivity contribution in [2.45, 2.75) is 25.5 Å². The first kappa shape index (κ1) is 28.7. The normalized spacial score (nSPS) is 15.2. The zero-order chi connectivity index (χ0) is 29.2. The molecule has 4 rings (SSSR count). The predicted molar refractivity (Wildman–Crippen MR) is 132 cm³/mol. The summed E-state index contributed by atoms with van der Waals surface area (Å²) >= 11 is 0.361. The highest BCUT2D eigenvalue weighted by molar-refractivity contribution is 8.18. The summed E-state index contributed by atoms with van der Waals surface area (Å²) in [5, 5.41) is 9.11. The lowest BCUT2D eigenvalue weighted by molar-refractivity contribution is -0.142. The van der Waals surface area contributed by atoms with Crippen LogP contribution >= 0.6 is 11.8 Å². The molecule has 0 spiro atoms. The van der Waals surface area contributed by atoms with Crippen LogP contribution < -0.4 is 0 Å². The Morgan fingerprint density at radius 2 is 1.62 bits per heavy atom. The summed E-state index contributed by atoms with van der Waals surface area (Å²) in [6.45, 7) is -1.13. The average Bonchev–Trinajstić information content (AvgIpc) is 3.15. The lowest BCUT2D eigenvalue weighted by Gasteiger charge is -2.19. The van der Waals surface area contributed by atoms with Crippen molar-refractivity contribution in [1.82, 2.24) is 4.90 Å². The number of phenolic OH excluding ortho intramolecular Hbond substituents is 1. The van der Waals surface area contributed by atoms with Crippen LogP contribution in [0.5, 0.6) is 5.75 Å². The minimum Gasteiger partial charge on any atom is -0.507 e. The van der Waals surface area contributed by atoms with Crippen LogP contribution in [0.1, 0.15) is 38.2 Å². The highest BCUT2D eigenvalue weighted by Crippen LogP contribution is 2.39. The molecule has 0 aliphatic carbocycles. The van der Waals surface area contributed by atoms with E-state index in [4.69, 9.17) is 4.74 Å². The Labute approximate surface area is 226 Å². The van der Waals surface area contributed by atoms with Gasteiger partial charge in [0.05, 0.1) is 22.6 Å². The molecule has 0 unspecified atom stereocenters. The zero-order valence-corrected chi connectivity index (χ0v) is 20.9. The first-order chi connectivity index (χ1) is 18.7. The van der Waals surface area contributed by atoms with E-state index in [1.165, 1.54) is 12.1 Å². The van der Waals surface area contributed by atoms with Gasteiger partial charge in [0.15, 0.2) is 0 Å². The van der Waals surface area contributed by atoms with E-state index in [9.17, 15) is 45.8 Å². The maximum absolute atomic E-state index is 13.5. The molecule has 2 amide bonds. The molecule has 0 radical (unpaired) electrons. The minimum absolute atomic E-state index is 0.0856. The third-order valence-corrected chi connectivity index (χ3v) is 6.60. The van der Waals surface area contributed by atoms with Crippen molar-refractivity contribution in [2.75, 3.05) is 0 Å². The summed E-state index contributed by atoms with van der Waals surface area (Å²) in [7, 11) is 0. The molecule has 13 heteroatoms. The molecule has 3 aromatic rings. The quantitative estimate of drug-likeness (QED) is 0.191. The number of rotatable bonds is 6. The van der Waals surface area contributed by atoms with Crippen LogP contribution in [0.2, 0.25) is 0 Å². The van der Waals surface area contributed by atoms with Crippen molar-refractivity contribution < 1.29 is 50.6 Å². The maximum atomic E-state index is 13.5. The molecule has 0 saturated carbocycles. The van der Waals surface area contributed by atoms with Crippen LogP contribution in [-0.2, 0) is 35.0 Å². The minimum atomic E-state index is -5.03. The highest BCUT2D eigenvalue weighted by atomic mass is 32.2. The second-order valence-corrected chi connectivity index (χ2v) is 9.47. The summed E-state index contributed by atoms with van der Waals surface area (Å²) in [5.74, 6) is -2.34. The number of thioether (sulfide) groups is 1. The first-order valence-electron chi connectivity index (χ1n) is 11.3. The molecule has 0 aromatic heterocycles. The van der Waals surface area contributed by atoms with Crippen molar-refractivity contribution in [3.05, 3.63) is 105 Å². The molecule has 0 bridgehead atoms. The number of amides is 2. The molecule has 3 aromatic carbocycles. The lowest BCUT2D eigenvalue weighted by Crippen LogP contribution is -2.29. The number of hydrogen-bond acceptors (Lipinski definition) is 6. The monoisotopic (exact) mass is 581 g/mol. The number of halogens is 6. The molecule has 1 aliphatic heterocycles. The fraction of sp³-hybridized carbons (Fsp3) is 0.148. The molecular formula is C27H17F6NO5S. The number of carbonyl (C=O) groups excluding carboxylic acids is 3. The molecule has 1 fully saturated rings. The maximum Gasteiger partial charge on any atom is 0.416 e. The van der Waals surface area contributed by atoms with E-state index in [-0.39, 0.29) is 40.8 Å².